The number of hydrogen-bond acceptors (Lipinski definition) is 8. The van der Waals surface area contributed by atoms with E-state index < -0.39 is 85.0 Å². The highest BCUT2D eigenvalue weighted by molar-refractivity contribution is 5.96. The number of amides is 4. The van der Waals surface area contributed by atoms with Gasteiger partial charge in [0.05, 0.1) is 18.9 Å². The first-order chi connectivity index (χ1) is 18.8. The molecular formula is C24H30N6O10. The summed E-state index contributed by atoms with van der Waals surface area (Å²) in [6, 6.07) is 0.691. The molecule has 0 saturated carbocycles. The van der Waals surface area contributed by atoms with Crippen LogP contribution in [-0.2, 0) is 40.0 Å². The number of carboxylic acids is 3. The number of para-hydroxylation sites is 1. The Balaban J connectivity index is 2.21. The summed E-state index contributed by atoms with van der Waals surface area (Å²) in [4.78, 5) is 86.5. The van der Waals surface area contributed by atoms with Crippen molar-refractivity contribution in [3.8, 4) is 0 Å². The maximum absolute atomic E-state index is 13.1. The largest absolute Gasteiger partial charge is 0.481 e. The maximum Gasteiger partial charge on any atom is 0.326 e. The number of hydrogen-bond donors (Lipinski definition) is 9. The van der Waals surface area contributed by atoms with E-state index in [1.807, 2.05) is 5.32 Å². The number of carbonyl (C=O) groups is 7. The third-order valence-corrected chi connectivity index (χ3v) is 5.77. The average Bonchev–Trinajstić information content (AvgIpc) is 3.27. The Morgan fingerprint density at radius 1 is 0.800 bits per heavy atom. The van der Waals surface area contributed by atoms with Gasteiger partial charge in [-0.3, -0.25) is 28.8 Å². The Morgan fingerprint density at radius 3 is 1.98 bits per heavy atom. The first kappa shape index (κ1) is 31.2. The number of primary amides is 1. The SMILES string of the molecule is NC(=O)CCC(NC(=O)C(CC(=O)O)NC(=O)C(N)CC(=O)O)C(=O)NC(Cc1c[nH]c2ccccc12)C(=O)O. The van der Waals surface area contributed by atoms with Crippen LogP contribution in [0.2, 0.25) is 0 Å². The average molecular weight is 563 g/mol. The molecule has 216 valence electrons. The van der Waals surface area contributed by atoms with E-state index in [-0.39, 0.29) is 12.8 Å². The first-order valence-corrected chi connectivity index (χ1v) is 11.9. The molecule has 0 aliphatic rings. The van der Waals surface area contributed by atoms with Gasteiger partial charge in [0.1, 0.15) is 18.1 Å². The van der Waals surface area contributed by atoms with E-state index in [0.717, 1.165) is 10.9 Å². The molecular weight excluding hydrogens is 532 g/mol. The molecule has 0 bridgehead atoms. The molecule has 2 aromatic rings. The van der Waals surface area contributed by atoms with Gasteiger partial charge >= 0.3 is 17.9 Å². The van der Waals surface area contributed by atoms with Crippen LogP contribution < -0.4 is 27.4 Å². The van der Waals surface area contributed by atoms with Crippen molar-refractivity contribution in [2.24, 2.45) is 11.5 Å². The molecule has 11 N–H and O–H groups in total. The van der Waals surface area contributed by atoms with Crippen molar-refractivity contribution in [2.45, 2.75) is 56.3 Å². The summed E-state index contributed by atoms with van der Waals surface area (Å²) in [7, 11) is 0. The Bertz CT molecular complexity index is 1290. The summed E-state index contributed by atoms with van der Waals surface area (Å²) < 4.78 is 0. The lowest BCUT2D eigenvalue weighted by Crippen LogP contribution is -2.57. The van der Waals surface area contributed by atoms with Gasteiger partial charge in [0, 0.05) is 29.9 Å². The minimum Gasteiger partial charge on any atom is -0.481 e. The van der Waals surface area contributed by atoms with E-state index in [1.54, 1.807) is 30.5 Å². The second-order valence-corrected chi connectivity index (χ2v) is 8.89. The number of rotatable bonds is 16. The van der Waals surface area contributed by atoms with E-state index in [1.165, 1.54) is 0 Å². The van der Waals surface area contributed by atoms with Crippen LogP contribution in [0.3, 0.4) is 0 Å². The lowest BCUT2D eigenvalue weighted by molar-refractivity contribution is -0.143. The van der Waals surface area contributed by atoms with Crippen LogP contribution in [0.5, 0.6) is 0 Å². The minimum absolute atomic E-state index is 0.138. The van der Waals surface area contributed by atoms with Gasteiger partial charge in [-0.05, 0) is 18.1 Å². The van der Waals surface area contributed by atoms with Gasteiger partial charge in [-0.15, -0.1) is 0 Å². The lowest BCUT2D eigenvalue weighted by atomic mass is 10.0. The highest BCUT2D eigenvalue weighted by atomic mass is 16.4. The van der Waals surface area contributed by atoms with E-state index in [2.05, 4.69) is 15.6 Å². The topological polar surface area (TPSA) is 284 Å². The number of carbonyl (C=O) groups excluding carboxylic acids is 4. The molecule has 1 aromatic heterocycles. The molecule has 0 saturated heterocycles. The van der Waals surface area contributed by atoms with Crippen molar-refractivity contribution in [2.75, 3.05) is 0 Å². The minimum atomic E-state index is -1.78. The first-order valence-electron chi connectivity index (χ1n) is 11.9. The molecule has 40 heavy (non-hydrogen) atoms. The van der Waals surface area contributed by atoms with E-state index in [0.29, 0.717) is 5.56 Å². The number of carboxylic acid groups (broad SMARTS) is 3. The Morgan fingerprint density at radius 2 is 1.38 bits per heavy atom. The lowest BCUT2D eigenvalue weighted by Gasteiger charge is -2.24. The molecule has 0 aliphatic carbocycles. The summed E-state index contributed by atoms with van der Waals surface area (Å²) in [6.07, 6.45) is -1.09. The highest BCUT2D eigenvalue weighted by Gasteiger charge is 2.32. The van der Waals surface area contributed by atoms with Gasteiger partial charge < -0.3 is 47.7 Å². The smallest absolute Gasteiger partial charge is 0.326 e. The number of aliphatic carboxylic acids is 3. The number of aromatic amines is 1. The van der Waals surface area contributed by atoms with Crippen LogP contribution in [0.1, 0.15) is 31.2 Å². The van der Waals surface area contributed by atoms with Crippen molar-refractivity contribution in [3.05, 3.63) is 36.0 Å². The third kappa shape index (κ3) is 9.39. The molecule has 2 rings (SSSR count). The standard InChI is InChI=1S/C24H30N6O10/c25-13(8-19(32)33)21(36)29-16(9-20(34)35)23(38)28-15(5-6-18(26)31)22(37)30-17(24(39)40)7-11-10-27-14-4-2-1-3-12(11)14/h1-4,10,13,15-17,27H,5-9,25H2,(H2,26,31)(H,28,38)(H,29,36)(H,30,37)(H,32,33)(H,34,35)(H,39,40). The molecule has 1 heterocycles. The zero-order valence-corrected chi connectivity index (χ0v) is 21.1. The molecule has 16 nitrogen and oxygen atoms in total. The Hall–Kier alpha value is -4.99. The van der Waals surface area contributed by atoms with Crippen molar-refractivity contribution < 1.29 is 48.9 Å². The zero-order valence-electron chi connectivity index (χ0n) is 21.1. The molecule has 4 atom stereocenters. The Kier molecular flexibility index (Phi) is 11.1. The maximum atomic E-state index is 13.1. The van der Waals surface area contributed by atoms with E-state index in [4.69, 9.17) is 21.7 Å². The van der Waals surface area contributed by atoms with Gasteiger partial charge in [-0.25, -0.2) is 4.79 Å². The van der Waals surface area contributed by atoms with Gasteiger partial charge in [-0.1, -0.05) is 18.2 Å². The number of fused-ring (bicyclic) bond motifs is 1. The molecule has 1 aromatic carbocycles. The summed E-state index contributed by atoms with van der Waals surface area (Å²) in [6.45, 7) is 0. The zero-order chi connectivity index (χ0) is 30.0. The van der Waals surface area contributed by atoms with Crippen LogP contribution in [-0.4, -0.2) is 86.0 Å². The second kappa shape index (κ2) is 14.2. The van der Waals surface area contributed by atoms with Crippen molar-refractivity contribution in [3.63, 3.8) is 0 Å². The normalized spacial score (nSPS) is 13.8. The van der Waals surface area contributed by atoms with Crippen LogP contribution in [0.15, 0.2) is 30.5 Å². The Labute approximate surface area is 226 Å². The van der Waals surface area contributed by atoms with Crippen LogP contribution in [0.25, 0.3) is 10.9 Å². The number of nitrogens with two attached hydrogens (primary N) is 2. The second-order valence-electron chi connectivity index (χ2n) is 8.89. The van der Waals surface area contributed by atoms with Gasteiger partial charge in [-0.2, -0.15) is 0 Å². The number of aromatic nitrogens is 1. The predicted molar refractivity (Wildman–Crippen MR) is 136 cm³/mol. The molecule has 16 heteroatoms. The monoisotopic (exact) mass is 562 g/mol. The van der Waals surface area contributed by atoms with Crippen LogP contribution >= 0.6 is 0 Å². The molecule has 0 fully saturated rings. The molecule has 0 aliphatic heterocycles. The van der Waals surface area contributed by atoms with Gasteiger partial charge in [0.25, 0.3) is 0 Å². The van der Waals surface area contributed by atoms with Crippen LogP contribution in [0, 0.1) is 0 Å². The third-order valence-electron chi connectivity index (χ3n) is 5.77. The van der Waals surface area contributed by atoms with Crippen molar-refractivity contribution in [1.82, 2.24) is 20.9 Å². The molecule has 0 spiro atoms. The fourth-order valence-corrected chi connectivity index (χ4v) is 3.76. The fourth-order valence-electron chi connectivity index (χ4n) is 3.76. The quantitative estimate of drug-likeness (QED) is 0.106. The predicted octanol–water partition coefficient (Wildman–Crippen LogP) is -2.21. The summed E-state index contributed by atoms with van der Waals surface area (Å²) >= 11 is 0. The van der Waals surface area contributed by atoms with Gasteiger partial charge in [0.2, 0.25) is 23.6 Å². The van der Waals surface area contributed by atoms with Gasteiger partial charge in [0.15, 0.2) is 0 Å². The van der Waals surface area contributed by atoms with E-state index in [9.17, 15) is 38.7 Å². The summed E-state index contributed by atoms with van der Waals surface area (Å²) in [5.74, 6) is -8.47. The molecule has 0 radical (unpaired) electrons. The van der Waals surface area contributed by atoms with Crippen molar-refractivity contribution >= 4 is 52.4 Å². The molecule has 4 amide bonds. The number of benzene rings is 1. The van der Waals surface area contributed by atoms with Crippen LogP contribution in [0.4, 0.5) is 0 Å². The highest BCUT2D eigenvalue weighted by Crippen LogP contribution is 2.19. The number of H-pyrrole nitrogens is 1. The summed E-state index contributed by atoms with van der Waals surface area (Å²) in [5.41, 5.74) is 11.9. The molecule has 4 unspecified atom stereocenters. The fraction of sp³-hybridized carbons (Fsp3) is 0.375. The van der Waals surface area contributed by atoms with E-state index >= 15 is 0 Å². The van der Waals surface area contributed by atoms with Crippen molar-refractivity contribution in [1.29, 1.82) is 0 Å². The summed E-state index contributed by atoms with van der Waals surface area (Å²) in [5, 5.41) is 34.9. The number of nitrogens with one attached hydrogen (secondary N) is 4.